The number of amides is 1. The van der Waals surface area contributed by atoms with E-state index in [1.54, 1.807) is 0 Å². The molecule has 20 heavy (non-hydrogen) atoms. The molecule has 0 spiro atoms. The monoisotopic (exact) mass is 314 g/mol. The van der Waals surface area contributed by atoms with Gasteiger partial charge in [-0.1, -0.05) is 0 Å². The van der Waals surface area contributed by atoms with Crippen LogP contribution in [0.2, 0.25) is 0 Å². The third-order valence-corrected chi connectivity index (χ3v) is 6.53. The molecular formula is C13H18N2O3S2. The average molecular weight is 314 g/mol. The molecule has 2 aliphatic heterocycles. The zero-order chi connectivity index (χ0) is 14.2. The van der Waals surface area contributed by atoms with Crippen LogP contribution in [-0.4, -0.2) is 67.9 Å². The Bertz CT molecular complexity index is 575. The van der Waals surface area contributed by atoms with Gasteiger partial charge in [0.2, 0.25) is 0 Å². The summed E-state index contributed by atoms with van der Waals surface area (Å²) >= 11 is 1.53. The molecule has 0 aliphatic carbocycles. The molecule has 0 aromatic carbocycles. The zero-order valence-electron chi connectivity index (χ0n) is 11.2. The number of hydrogen-bond donors (Lipinski definition) is 0. The zero-order valence-corrected chi connectivity index (χ0v) is 12.8. The van der Waals surface area contributed by atoms with E-state index >= 15 is 0 Å². The molecule has 0 N–H and O–H groups in total. The Morgan fingerprint density at radius 2 is 2.00 bits per heavy atom. The molecule has 1 aromatic rings. The van der Waals surface area contributed by atoms with E-state index in [1.165, 1.54) is 11.3 Å². The summed E-state index contributed by atoms with van der Waals surface area (Å²) in [4.78, 5) is 16.3. The fraction of sp³-hybridized carbons (Fsp3) is 0.615. The Morgan fingerprint density at radius 1 is 1.25 bits per heavy atom. The van der Waals surface area contributed by atoms with Crippen LogP contribution in [0.25, 0.3) is 0 Å². The van der Waals surface area contributed by atoms with Crippen LogP contribution >= 0.6 is 11.3 Å². The van der Waals surface area contributed by atoms with E-state index in [0.29, 0.717) is 18.8 Å². The molecule has 0 radical (unpaired) electrons. The lowest BCUT2D eigenvalue weighted by atomic mass is 10.2. The van der Waals surface area contributed by atoms with E-state index in [1.807, 2.05) is 21.7 Å². The Kier molecular flexibility index (Phi) is 3.83. The second kappa shape index (κ2) is 5.46. The van der Waals surface area contributed by atoms with Crippen molar-refractivity contribution >= 4 is 27.1 Å². The highest BCUT2D eigenvalue weighted by Crippen LogP contribution is 2.20. The molecule has 1 unspecified atom stereocenters. The summed E-state index contributed by atoms with van der Waals surface area (Å²) in [5.74, 6) is 0.682. The van der Waals surface area contributed by atoms with E-state index in [0.717, 1.165) is 25.1 Å². The maximum atomic E-state index is 12.2. The van der Waals surface area contributed by atoms with Gasteiger partial charge >= 0.3 is 0 Å². The van der Waals surface area contributed by atoms with Gasteiger partial charge in [-0.15, -0.1) is 0 Å². The molecule has 3 heterocycles. The largest absolute Gasteiger partial charge is 0.336 e. The third kappa shape index (κ3) is 2.89. The molecule has 5 nitrogen and oxygen atoms in total. The molecule has 1 aromatic heterocycles. The maximum Gasteiger partial charge on any atom is 0.254 e. The standard InChI is InChI=1S/C13H18N2O3S2/c16-13(11-1-7-19-9-11)15-5-3-14(4-6-15)12-2-8-20(17,18)10-12/h1,7,9,12H,2-6,8,10H2. The van der Waals surface area contributed by atoms with E-state index in [4.69, 9.17) is 0 Å². The van der Waals surface area contributed by atoms with E-state index < -0.39 is 9.84 Å². The minimum absolute atomic E-state index is 0.0879. The third-order valence-electron chi connectivity index (χ3n) is 4.09. The summed E-state index contributed by atoms with van der Waals surface area (Å²) in [6, 6.07) is 2.00. The predicted molar refractivity (Wildman–Crippen MR) is 78.9 cm³/mol. The van der Waals surface area contributed by atoms with Crippen molar-refractivity contribution in [1.29, 1.82) is 0 Å². The molecule has 3 rings (SSSR count). The lowest BCUT2D eigenvalue weighted by Gasteiger charge is -2.37. The predicted octanol–water partition coefficient (Wildman–Crippen LogP) is 0.693. The number of sulfone groups is 1. The first kappa shape index (κ1) is 14.0. The fourth-order valence-corrected chi connectivity index (χ4v) is 5.31. The van der Waals surface area contributed by atoms with E-state index in [-0.39, 0.29) is 17.7 Å². The summed E-state index contributed by atoms with van der Waals surface area (Å²) in [6.45, 7) is 2.92. The van der Waals surface area contributed by atoms with Gasteiger partial charge in [0.1, 0.15) is 0 Å². The molecule has 7 heteroatoms. The van der Waals surface area contributed by atoms with Gasteiger partial charge in [-0.3, -0.25) is 9.69 Å². The number of piperazine rings is 1. The topological polar surface area (TPSA) is 57.7 Å². The highest BCUT2D eigenvalue weighted by molar-refractivity contribution is 7.91. The van der Waals surface area contributed by atoms with Crippen molar-refractivity contribution in [3.63, 3.8) is 0 Å². The number of nitrogens with zero attached hydrogens (tertiary/aromatic N) is 2. The van der Waals surface area contributed by atoms with E-state index in [9.17, 15) is 13.2 Å². The smallest absolute Gasteiger partial charge is 0.254 e. The molecule has 1 atom stereocenters. The van der Waals surface area contributed by atoms with Crippen LogP contribution in [0, 0.1) is 0 Å². The van der Waals surface area contributed by atoms with Gasteiger partial charge in [0, 0.05) is 37.6 Å². The van der Waals surface area contributed by atoms with Gasteiger partial charge in [-0.25, -0.2) is 8.42 Å². The van der Waals surface area contributed by atoms with E-state index in [2.05, 4.69) is 4.90 Å². The quantitative estimate of drug-likeness (QED) is 0.806. The molecular weight excluding hydrogens is 296 g/mol. The molecule has 0 saturated carbocycles. The number of thiophene rings is 1. The molecule has 1 amide bonds. The number of rotatable bonds is 2. The SMILES string of the molecule is O=C(c1ccsc1)N1CCN(C2CCS(=O)(=O)C2)CC1. The minimum atomic E-state index is -2.83. The highest BCUT2D eigenvalue weighted by atomic mass is 32.2. The Balaban J connectivity index is 1.56. The van der Waals surface area contributed by atoms with Crippen LogP contribution in [0.1, 0.15) is 16.8 Å². The van der Waals surface area contributed by atoms with Crippen LogP contribution < -0.4 is 0 Å². The normalized spacial score (nSPS) is 26.8. The van der Waals surface area contributed by atoms with Gasteiger partial charge in [0.15, 0.2) is 9.84 Å². The van der Waals surface area contributed by atoms with Gasteiger partial charge in [0.05, 0.1) is 17.1 Å². The minimum Gasteiger partial charge on any atom is -0.336 e. The van der Waals surface area contributed by atoms with Gasteiger partial charge in [0.25, 0.3) is 5.91 Å². The van der Waals surface area contributed by atoms with Gasteiger partial charge in [-0.05, 0) is 17.9 Å². The summed E-state index contributed by atoms with van der Waals surface area (Å²) in [6.07, 6.45) is 0.737. The van der Waals surface area contributed by atoms with Crippen molar-refractivity contribution in [3.05, 3.63) is 22.4 Å². The van der Waals surface area contributed by atoms with Crippen LogP contribution in [0.15, 0.2) is 16.8 Å². The van der Waals surface area contributed by atoms with Crippen molar-refractivity contribution in [1.82, 2.24) is 9.80 Å². The second-order valence-corrected chi connectivity index (χ2v) is 8.41. The van der Waals surface area contributed by atoms with Gasteiger partial charge < -0.3 is 4.90 Å². The Hall–Kier alpha value is -0.920. The lowest BCUT2D eigenvalue weighted by Crippen LogP contribution is -2.52. The first-order valence-corrected chi connectivity index (χ1v) is 9.57. The summed E-state index contributed by atoms with van der Waals surface area (Å²) in [7, 11) is -2.83. The summed E-state index contributed by atoms with van der Waals surface area (Å²) in [5, 5.41) is 3.78. The van der Waals surface area contributed by atoms with Crippen LogP contribution in [0.3, 0.4) is 0 Å². The van der Waals surface area contributed by atoms with Crippen LogP contribution in [-0.2, 0) is 9.84 Å². The summed E-state index contributed by atoms with van der Waals surface area (Å²) < 4.78 is 23.0. The molecule has 0 bridgehead atoms. The van der Waals surface area contributed by atoms with Crippen molar-refractivity contribution in [3.8, 4) is 0 Å². The number of hydrogen-bond acceptors (Lipinski definition) is 5. The van der Waals surface area contributed by atoms with Crippen LogP contribution in [0.5, 0.6) is 0 Å². The Morgan fingerprint density at radius 3 is 2.55 bits per heavy atom. The van der Waals surface area contributed by atoms with Gasteiger partial charge in [-0.2, -0.15) is 11.3 Å². The molecule has 2 aliphatic rings. The molecule has 110 valence electrons. The molecule has 2 saturated heterocycles. The first-order chi connectivity index (χ1) is 9.55. The first-order valence-electron chi connectivity index (χ1n) is 6.81. The number of carbonyl (C=O) groups is 1. The average Bonchev–Trinajstić information content (AvgIpc) is 3.07. The summed E-state index contributed by atoms with van der Waals surface area (Å²) in [5.41, 5.74) is 0.756. The Labute approximate surface area is 123 Å². The maximum absolute atomic E-state index is 12.2. The van der Waals surface area contributed by atoms with Crippen molar-refractivity contribution in [2.45, 2.75) is 12.5 Å². The highest BCUT2D eigenvalue weighted by Gasteiger charge is 2.34. The van der Waals surface area contributed by atoms with Crippen molar-refractivity contribution < 1.29 is 13.2 Å². The lowest BCUT2D eigenvalue weighted by molar-refractivity contribution is 0.0588. The second-order valence-electron chi connectivity index (χ2n) is 5.40. The van der Waals surface area contributed by atoms with Crippen molar-refractivity contribution in [2.24, 2.45) is 0 Å². The number of carbonyl (C=O) groups excluding carboxylic acids is 1. The molecule has 2 fully saturated rings. The van der Waals surface area contributed by atoms with Crippen LogP contribution in [0.4, 0.5) is 0 Å². The fourth-order valence-electron chi connectivity index (χ4n) is 2.92. The van der Waals surface area contributed by atoms with Crippen molar-refractivity contribution in [2.75, 3.05) is 37.7 Å².